The second kappa shape index (κ2) is 16.2. The van der Waals surface area contributed by atoms with Crippen LogP contribution in [0.25, 0.3) is 10.9 Å². The molecule has 0 bridgehead atoms. The van der Waals surface area contributed by atoms with Gasteiger partial charge in [0.15, 0.2) is 6.61 Å². The lowest BCUT2D eigenvalue weighted by atomic mass is 10.0. The van der Waals surface area contributed by atoms with E-state index in [1.165, 1.54) is 0 Å². The molecule has 0 aliphatic rings. The first-order chi connectivity index (χ1) is 22.4. The summed E-state index contributed by atoms with van der Waals surface area (Å²) in [4.78, 5) is 18.2. The largest absolute Gasteiger partial charge is 0.482 e. The normalized spacial score (nSPS) is 12.5. The van der Waals surface area contributed by atoms with E-state index in [4.69, 9.17) is 25.8 Å². The van der Waals surface area contributed by atoms with Crippen LogP contribution in [0.15, 0.2) is 109 Å². The maximum Gasteiger partial charge on any atom is 0.344 e. The lowest BCUT2D eigenvalue weighted by Gasteiger charge is -2.32. The zero-order valence-electron chi connectivity index (χ0n) is 25.6. The number of nitrogens with zero attached hydrogens (tertiary/aromatic N) is 2. The highest BCUT2D eigenvalue weighted by molar-refractivity contribution is 6.30. The van der Waals surface area contributed by atoms with Crippen molar-refractivity contribution in [1.82, 2.24) is 9.88 Å². The van der Waals surface area contributed by atoms with Crippen LogP contribution in [0.2, 0.25) is 5.02 Å². The van der Waals surface area contributed by atoms with Crippen LogP contribution in [0.1, 0.15) is 29.7 Å². The summed E-state index contributed by atoms with van der Waals surface area (Å²) in [6, 6.07) is 31.9. The minimum Gasteiger partial charge on any atom is -0.482 e. The van der Waals surface area contributed by atoms with E-state index >= 15 is 0 Å². The van der Waals surface area contributed by atoms with Crippen LogP contribution in [-0.4, -0.2) is 58.5 Å². The van der Waals surface area contributed by atoms with E-state index in [9.17, 15) is 15.0 Å². The van der Waals surface area contributed by atoms with Crippen LogP contribution in [0.3, 0.4) is 0 Å². The molecule has 0 spiro atoms. The number of hydrogen-bond acceptors (Lipinski definition) is 8. The predicted octanol–water partition coefficient (Wildman–Crippen LogP) is 6.76. The Bertz CT molecular complexity index is 1720. The van der Waals surface area contributed by atoms with Gasteiger partial charge in [0.25, 0.3) is 0 Å². The van der Waals surface area contributed by atoms with E-state index in [0.717, 1.165) is 22.1 Å². The Balaban J connectivity index is 1.27. The number of benzene rings is 4. The third kappa shape index (κ3) is 9.05. The van der Waals surface area contributed by atoms with E-state index in [1.807, 2.05) is 72.8 Å². The van der Waals surface area contributed by atoms with Crippen molar-refractivity contribution in [3.05, 3.63) is 131 Å². The average Bonchev–Trinajstić information content (AvgIpc) is 3.07. The average molecular weight is 641 g/mol. The van der Waals surface area contributed by atoms with Gasteiger partial charge in [-0.25, -0.2) is 4.79 Å². The highest BCUT2D eigenvalue weighted by atomic mass is 35.5. The standard InChI is InChI=1S/C37H37ClN2O6/c1-2-44-37(43)25-45-32-15-16-33-34(21-32)39-18-17-36(33)46-31-13-11-26(12-14-31)19-30(24-41)40(22-27-7-4-3-5-8-27)23-35(42)28-9-6-10-29(38)20-28/h3-18,20-21,30,35,41-42H,2,19,22-25H2,1H3/t30-,35-/m0/s1. The third-order valence-electron chi connectivity index (χ3n) is 7.56. The molecule has 5 aromatic rings. The van der Waals surface area contributed by atoms with E-state index < -0.39 is 12.1 Å². The zero-order chi connectivity index (χ0) is 32.3. The minimum absolute atomic E-state index is 0.0815. The number of pyridine rings is 1. The molecule has 5 rings (SSSR count). The van der Waals surface area contributed by atoms with Gasteiger partial charge in [-0.05, 0) is 72.5 Å². The fourth-order valence-corrected chi connectivity index (χ4v) is 5.43. The second-order valence-electron chi connectivity index (χ2n) is 10.9. The summed E-state index contributed by atoms with van der Waals surface area (Å²) < 4.78 is 16.7. The summed E-state index contributed by atoms with van der Waals surface area (Å²) >= 11 is 6.18. The Morgan fingerprint density at radius 1 is 0.913 bits per heavy atom. The fraction of sp³-hybridized carbons (Fsp3) is 0.243. The van der Waals surface area contributed by atoms with Crippen molar-refractivity contribution in [3.8, 4) is 17.2 Å². The molecule has 4 aromatic carbocycles. The van der Waals surface area contributed by atoms with Gasteiger partial charge in [0, 0.05) is 41.8 Å². The monoisotopic (exact) mass is 640 g/mol. The maximum atomic E-state index is 11.6. The molecule has 46 heavy (non-hydrogen) atoms. The van der Waals surface area contributed by atoms with E-state index in [0.29, 0.717) is 53.9 Å². The molecule has 2 N–H and O–H groups in total. The molecular weight excluding hydrogens is 604 g/mol. The lowest BCUT2D eigenvalue weighted by Crippen LogP contribution is -2.41. The molecule has 0 radical (unpaired) electrons. The van der Waals surface area contributed by atoms with Gasteiger partial charge in [-0.3, -0.25) is 9.88 Å². The van der Waals surface area contributed by atoms with Gasteiger partial charge >= 0.3 is 5.97 Å². The number of fused-ring (bicyclic) bond motifs is 1. The molecular formula is C37H37ClN2O6. The number of aromatic nitrogens is 1. The number of halogens is 1. The molecule has 1 heterocycles. The van der Waals surface area contributed by atoms with Gasteiger partial charge in [-0.15, -0.1) is 0 Å². The molecule has 0 aliphatic carbocycles. The molecule has 9 heteroatoms. The number of aliphatic hydroxyl groups is 2. The number of carbonyl (C=O) groups excluding carboxylic acids is 1. The Morgan fingerprint density at radius 2 is 1.70 bits per heavy atom. The fourth-order valence-electron chi connectivity index (χ4n) is 5.23. The number of rotatable bonds is 15. The summed E-state index contributed by atoms with van der Waals surface area (Å²) in [6.45, 7) is 2.68. The van der Waals surface area contributed by atoms with Gasteiger partial charge < -0.3 is 24.4 Å². The summed E-state index contributed by atoms with van der Waals surface area (Å²) in [6.07, 6.45) is 1.45. The quantitative estimate of drug-likeness (QED) is 0.121. The van der Waals surface area contributed by atoms with E-state index in [2.05, 4.69) is 9.88 Å². The molecule has 0 fully saturated rings. The van der Waals surface area contributed by atoms with Crippen molar-refractivity contribution >= 4 is 28.5 Å². The number of aliphatic hydroxyl groups excluding tert-OH is 2. The van der Waals surface area contributed by atoms with Crippen LogP contribution in [0, 0.1) is 0 Å². The van der Waals surface area contributed by atoms with Gasteiger partial charge in [0.05, 0.1) is 24.8 Å². The predicted molar refractivity (Wildman–Crippen MR) is 178 cm³/mol. The van der Waals surface area contributed by atoms with Crippen LogP contribution >= 0.6 is 11.6 Å². The molecule has 0 amide bonds. The van der Waals surface area contributed by atoms with Crippen molar-refractivity contribution in [2.24, 2.45) is 0 Å². The van der Waals surface area contributed by atoms with Gasteiger partial charge in [-0.2, -0.15) is 0 Å². The molecule has 0 unspecified atom stereocenters. The zero-order valence-corrected chi connectivity index (χ0v) is 26.3. The topological polar surface area (TPSA) is 101 Å². The minimum atomic E-state index is -0.775. The molecule has 1 aromatic heterocycles. The summed E-state index contributed by atoms with van der Waals surface area (Å²) in [5.74, 6) is 1.36. The molecule has 2 atom stereocenters. The molecule has 0 aliphatic heterocycles. The highest BCUT2D eigenvalue weighted by Gasteiger charge is 2.23. The van der Waals surface area contributed by atoms with Crippen LogP contribution < -0.4 is 9.47 Å². The third-order valence-corrected chi connectivity index (χ3v) is 7.79. The number of esters is 1. The van der Waals surface area contributed by atoms with Crippen LogP contribution in [0.5, 0.6) is 17.2 Å². The van der Waals surface area contributed by atoms with Gasteiger partial charge in [-0.1, -0.05) is 66.2 Å². The summed E-state index contributed by atoms with van der Waals surface area (Å²) in [5.41, 5.74) is 3.50. The van der Waals surface area contributed by atoms with Crippen LogP contribution in [0.4, 0.5) is 0 Å². The number of hydrogen-bond donors (Lipinski definition) is 2. The van der Waals surface area contributed by atoms with Gasteiger partial charge in [0.2, 0.25) is 0 Å². The first-order valence-electron chi connectivity index (χ1n) is 15.2. The first-order valence-corrected chi connectivity index (χ1v) is 15.6. The van der Waals surface area contributed by atoms with Crippen molar-refractivity contribution < 1.29 is 29.2 Å². The highest BCUT2D eigenvalue weighted by Crippen LogP contribution is 2.31. The Hall–Kier alpha value is -4.47. The van der Waals surface area contributed by atoms with Gasteiger partial charge in [0.1, 0.15) is 17.2 Å². The molecule has 0 saturated carbocycles. The second-order valence-corrected chi connectivity index (χ2v) is 11.3. The number of ether oxygens (including phenoxy) is 3. The smallest absolute Gasteiger partial charge is 0.344 e. The van der Waals surface area contributed by atoms with Crippen molar-refractivity contribution in [3.63, 3.8) is 0 Å². The maximum absolute atomic E-state index is 11.6. The Morgan fingerprint density at radius 3 is 2.43 bits per heavy atom. The Labute approximate surface area is 273 Å². The lowest BCUT2D eigenvalue weighted by molar-refractivity contribution is -0.145. The van der Waals surface area contributed by atoms with Crippen molar-refractivity contribution in [2.75, 3.05) is 26.4 Å². The summed E-state index contributed by atoms with van der Waals surface area (Å²) in [7, 11) is 0. The van der Waals surface area contributed by atoms with E-state index in [-0.39, 0.29) is 19.3 Å². The van der Waals surface area contributed by atoms with Crippen LogP contribution in [-0.2, 0) is 22.5 Å². The van der Waals surface area contributed by atoms with Crippen molar-refractivity contribution in [1.29, 1.82) is 0 Å². The molecule has 238 valence electrons. The Kier molecular flexibility index (Phi) is 11.6. The SMILES string of the molecule is CCOC(=O)COc1ccc2c(Oc3ccc(C[C@@H](CO)N(Cc4ccccc4)C[C@H](O)c4cccc(Cl)c4)cc3)ccnc2c1. The van der Waals surface area contributed by atoms with Crippen molar-refractivity contribution in [2.45, 2.75) is 32.0 Å². The molecule has 8 nitrogen and oxygen atoms in total. The number of carbonyl (C=O) groups is 1. The first kappa shape index (κ1) is 32.9. The summed E-state index contributed by atoms with van der Waals surface area (Å²) in [5, 5.41) is 23.0. The molecule has 0 saturated heterocycles. The van der Waals surface area contributed by atoms with E-state index in [1.54, 1.807) is 43.5 Å².